The molecule has 16 nitrogen and oxygen atoms in total. The SMILES string of the molecule is CCN(CC)C(=O)CC(=O)Nc1cc(C(=O)Nc2cc(NC(=O)c3cc(-c4c5nc(c(-c6cc(C(C)(C)C)cc(C(C)(C)C)c6)c6ccc([nH]6)c(-c6cc(C(C)(C)C)cc(C(C)(C)C)c6)c6nc(c(-c7cc(C(C)(C)C)cc(C(C)(C)C)c7)c7ccc4[nH]7)C=C6)C=C5)ccc3OC)c(OC)cc2OC)ccc1OC. The number of nitrogens with one attached hydrogen (secondary N) is 5. The Morgan fingerprint density at radius 3 is 1.03 bits per heavy atom. The van der Waals surface area contributed by atoms with Crippen LogP contribution in [0, 0.1) is 0 Å². The van der Waals surface area contributed by atoms with Gasteiger partial charge in [-0.2, -0.15) is 0 Å². The van der Waals surface area contributed by atoms with E-state index in [0.717, 1.165) is 72.5 Å². The van der Waals surface area contributed by atoms with E-state index in [2.05, 4.69) is 254 Å². The number of hydrogen-bond donors (Lipinski definition) is 5. The molecule has 0 atom stereocenters. The summed E-state index contributed by atoms with van der Waals surface area (Å²) in [5, 5.41) is 8.77. The van der Waals surface area contributed by atoms with Crippen molar-refractivity contribution in [1.29, 1.82) is 0 Å². The molecule has 9 aromatic rings. The standard InChI is InChI=1S/C93H108N8O8/c1-25-101(26-2)81(103)52-80(102)98-73-46-54(28-38-77(73)107-22)86(104)99-74-50-75(79(109-24)51-78(74)108-23)100-87(105)64-45-53(27-37-76(64)106-21)82-65-29-31-67(94-65)83(55-39-58(88(3,4)5)47-59(40-55)89(6,7)8)69-33-35-71(96-69)85(57-43-62(92(15,16)17)49-63(44-57)93(18,19)20)72-36-34-70(97-72)84(68-32-30-66(82)95-68)56-41-60(90(9,10)11)48-61(42-56)91(12,13)14/h27-51,94,97H,25-26,52H2,1-24H3,(H,98,102)(H,99,104)(H,100,105). The monoisotopic (exact) mass is 1460 g/mol. The molecule has 6 aromatic carbocycles. The van der Waals surface area contributed by atoms with Crippen LogP contribution in [0.4, 0.5) is 17.1 Å². The van der Waals surface area contributed by atoms with Gasteiger partial charge in [-0.1, -0.05) is 185 Å². The molecule has 5 N–H and O–H groups in total. The van der Waals surface area contributed by atoms with E-state index in [0.29, 0.717) is 29.9 Å². The maximum absolute atomic E-state index is 15.5. The van der Waals surface area contributed by atoms with Crippen LogP contribution < -0.4 is 34.9 Å². The van der Waals surface area contributed by atoms with Gasteiger partial charge in [0, 0.05) is 69.0 Å². The zero-order chi connectivity index (χ0) is 79.4. The number of amides is 4. The van der Waals surface area contributed by atoms with Gasteiger partial charge in [-0.25, -0.2) is 9.97 Å². The molecule has 5 heterocycles. The van der Waals surface area contributed by atoms with Gasteiger partial charge in [-0.3, -0.25) is 19.2 Å². The van der Waals surface area contributed by atoms with Crippen molar-refractivity contribution < 1.29 is 38.1 Å². The van der Waals surface area contributed by atoms with Crippen molar-refractivity contribution in [2.75, 3.05) is 57.5 Å². The molecule has 0 spiro atoms. The maximum Gasteiger partial charge on any atom is 0.259 e. The molecule has 16 heteroatoms. The van der Waals surface area contributed by atoms with E-state index in [9.17, 15) is 14.4 Å². The van der Waals surface area contributed by atoms with E-state index in [4.69, 9.17) is 28.9 Å². The molecule has 2 aliphatic rings. The number of hydrogen-bond acceptors (Lipinski definition) is 10. The summed E-state index contributed by atoms with van der Waals surface area (Å²) >= 11 is 0. The minimum Gasteiger partial charge on any atom is -0.496 e. The summed E-state index contributed by atoms with van der Waals surface area (Å²) in [6, 6.07) is 42.9. The molecule has 11 rings (SSSR count). The molecule has 2 aliphatic heterocycles. The van der Waals surface area contributed by atoms with Crippen LogP contribution >= 0.6 is 0 Å². The summed E-state index contributed by atoms with van der Waals surface area (Å²) in [4.78, 5) is 77.2. The van der Waals surface area contributed by atoms with Gasteiger partial charge in [0.25, 0.3) is 11.8 Å². The van der Waals surface area contributed by atoms with Crippen molar-refractivity contribution >= 4 is 87.1 Å². The van der Waals surface area contributed by atoms with Crippen LogP contribution in [0.3, 0.4) is 0 Å². The minimum atomic E-state index is -0.584. The third-order valence-electron chi connectivity index (χ3n) is 20.5. The Morgan fingerprint density at radius 2 is 0.688 bits per heavy atom. The van der Waals surface area contributed by atoms with Crippen molar-refractivity contribution in [1.82, 2.24) is 24.8 Å². The predicted molar refractivity (Wildman–Crippen MR) is 449 cm³/mol. The average molecular weight is 1470 g/mol. The fourth-order valence-corrected chi connectivity index (χ4v) is 13.8. The second-order valence-electron chi connectivity index (χ2n) is 34.7. The van der Waals surface area contributed by atoms with Gasteiger partial charge in [0.05, 0.1) is 73.8 Å². The van der Waals surface area contributed by atoms with Crippen LogP contribution in [0.2, 0.25) is 0 Å². The number of ether oxygens (including phenoxy) is 4. The lowest BCUT2D eigenvalue weighted by molar-refractivity contribution is -0.134. The predicted octanol–water partition coefficient (Wildman–Crippen LogP) is 21.8. The number of benzene rings is 6. The molecular weight excluding hydrogens is 1360 g/mol. The van der Waals surface area contributed by atoms with Crippen molar-refractivity contribution in [3.63, 3.8) is 0 Å². The lowest BCUT2D eigenvalue weighted by atomic mass is 9.78. The third-order valence-corrected chi connectivity index (χ3v) is 20.5. The summed E-state index contributed by atoms with van der Waals surface area (Å²) in [5.74, 6) is -1.03. The highest BCUT2D eigenvalue weighted by molar-refractivity contribution is 6.11. The second-order valence-corrected chi connectivity index (χ2v) is 34.7. The van der Waals surface area contributed by atoms with Crippen molar-refractivity contribution in [2.24, 2.45) is 0 Å². The van der Waals surface area contributed by atoms with E-state index in [1.165, 1.54) is 67.9 Å². The van der Waals surface area contributed by atoms with Gasteiger partial charge in [-0.15, -0.1) is 0 Å². The quantitative estimate of drug-likeness (QED) is 0.0546. The van der Waals surface area contributed by atoms with Crippen LogP contribution in [0.25, 0.3) is 90.9 Å². The topological polar surface area (TPSA) is 202 Å². The molecule has 0 saturated carbocycles. The zero-order valence-corrected chi connectivity index (χ0v) is 68.2. The maximum atomic E-state index is 15.5. The normalized spacial score (nSPS) is 12.6. The molecule has 0 unspecified atom stereocenters. The Morgan fingerprint density at radius 1 is 0.358 bits per heavy atom. The number of methoxy groups -OCH3 is 4. The van der Waals surface area contributed by atoms with Gasteiger partial charge >= 0.3 is 0 Å². The van der Waals surface area contributed by atoms with E-state index in [1.807, 2.05) is 26.0 Å². The fraction of sp³-hybridized carbons (Fsp3) is 0.355. The molecule has 8 bridgehead atoms. The number of aromatic amines is 2. The Balaban J connectivity index is 1.16. The van der Waals surface area contributed by atoms with Gasteiger partial charge < -0.3 is 49.8 Å². The Bertz CT molecular complexity index is 5160. The van der Waals surface area contributed by atoms with Gasteiger partial charge in [0.1, 0.15) is 29.4 Å². The highest BCUT2D eigenvalue weighted by Gasteiger charge is 2.30. The van der Waals surface area contributed by atoms with Gasteiger partial charge in [0.2, 0.25) is 11.8 Å². The van der Waals surface area contributed by atoms with Crippen molar-refractivity contribution in [3.05, 3.63) is 195 Å². The van der Waals surface area contributed by atoms with E-state index in [-0.39, 0.29) is 89.6 Å². The lowest BCUT2D eigenvalue weighted by Crippen LogP contribution is -2.33. The number of nitrogens with zero attached hydrogens (tertiary/aromatic N) is 3. The van der Waals surface area contributed by atoms with Crippen LogP contribution in [0.5, 0.6) is 23.0 Å². The van der Waals surface area contributed by atoms with Crippen LogP contribution in [-0.4, -0.2) is 90.0 Å². The smallest absolute Gasteiger partial charge is 0.259 e. The number of rotatable bonds is 17. The summed E-state index contributed by atoms with van der Waals surface area (Å²) in [6.07, 6.45) is 8.10. The highest BCUT2D eigenvalue weighted by atomic mass is 16.5. The second kappa shape index (κ2) is 30.2. The van der Waals surface area contributed by atoms with E-state index < -0.39 is 24.1 Å². The fourth-order valence-electron chi connectivity index (χ4n) is 13.8. The number of carbonyl (C=O) groups excluding carboxylic acids is 4. The first-order chi connectivity index (χ1) is 51.1. The van der Waals surface area contributed by atoms with E-state index in [1.54, 1.807) is 35.2 Å². The van der Waals surface area contributed by atoms with Gasteiger partial charge in [-0.05, 0) is 187 Å². The van der Waals surface area contributed by atoms with Crippen molar-refractivity contribution in [3.8, 4) is 67.5 Å². The molecular formula is C93H108N8O8. The number of carbonyl (C=O) groups is 4. The average Bonchev–Trinajstić information content (AvgIpc) is 1.65. The molecule has 0 aliphatic carbocycles. The lowest BCUT2D eigenvalue weighted by Gasteiger charge is -2.26. The zero-order valence-electron chi connectivity index (χ0n) is 68.2. The molecule has 109 heavy (non-hydrogen) atoms. The number of anilines is 3. The van der Waals surface area contributed by atoms with Gasteiger partial charge in [0.15, 0.2) is 0 Å². The minimum absolute atomic E-state index is 0.144. The molecule has 4 amide bonds. The largest absolute Gasteiger partial charge is 0.496 e. The summed E-state index contributed by atoms with van der Waals surface area (Å²) in [6.45, 7) is 45.4. The Kier molecular flexibility index (Phi) is 21.9. The molecule has 568 valence electrons. The summed E-state index contributed by atoms with van der Waals surface area (Å²) in [5.41, 5.74) is 20.3. The molecule has 0 fully saturated rings. The Hall–Kier alpha value is -11.0. The van der Waals surface area contributed by atoms with Crippen LogP contribution in [-0.2, 0) is 42.1 Å². The Labute approximate surface area is 643 Å². The van der Waals surface area contributed by atoms with Crippen molar-refractivity contribution in [2.45, 2.75) is 177 Å². The summed E-state index contributed by atoms with van der Waals surface area (Å²) in [7, 11) is 5.89. The first-order valence-corrected chi connectivity index (χ1v) is 37.6. The van der Waals surface area contributed by atoms with Crippen LogP contribution in [0.15, 0.2) is 127 Å². The summed E-state index contributed by atoms with van der Waals surface area (Å²) < 4.78 is 23.3. The first-order valence-electron chi connectivity index (χ1n) is 37.6. The molecule has 0 saturated heterocycles. The van der Waals surface area contributed by atoms with E-state index >= 15 is 4.79 Å². The number of H-pyrrole nitrogens is 2. The van der Waals surface area contributed by atoms with Crippen LogP contribution in [0.1, 0.15) is 222 Å². The molecule has 3 aromatic heterocycles. The first kappa shape index (κ1) is 79.1. The number of aromatic nitrogens is 4. The number of fused-ring (bicyclic) bond motifs is 8. The third kappa shape index (κ3) is 17.0. The highest BCUT2D eigenvalue weighted by Crippen LogP contribution is 2.46. The molecule has 0 radical (unpaired) electrons.